The molecule has 4 rings (SSSR count). The van der Waals surface area contributed by atoms with Crippen LogP contribution < -0.4 is 10.9 Å². The predicted octanol–water partition coefficient (Wildman–Crippen LogP) is 6.11. The standard InChI is InChI=1S/C27H22ClN3O2/c1-2-22(23-10-5-18(15-29)13-24(23)28)27(20-9-11-25-21(14-20)16-30-31-25)19-7-3-17(4-8-19)6-12-26(32)33/h3-14,30-31H,2,16H2,1H3,(H,32,33)/b12-6+,27-22+. The highest BCUT2D eigenvalue weighted by Gasteiger charge is 2.18. The fourth-order valence-corrected chi connectivity index (χ4v) is 4.32. The van der Waals surface area contributed by atoms with E-state index in [4.69, 9.17) is 16.7 Å². The van der Waals surface area contributed by atoms with Crippen molar-refractivity contribution < 1.29 is 9.90 Å². The van der Waals surface area contributed by atoms with Crippen molar-refractivity contribution in [2.45, 2.75) is 19.9 Å². The van der Waals surface area contributed by atoms with Gasteiger partial charge >= 0.3 is 5.97 Å². The van der Waals surface area contributed by atoms with Gasteiger partial charge in [0.1, 0.15) is 0 Å². The molecule has 0 unspecified atom stereocenters. The number of nitrogens with zero attached hydrogens (tertiary/aromatic N) is 1. The van der Waals surface area contributed by atoms with Gasteiger partial charge in [-0.05, 0) is 75.7 Å². The molecular formula is C27H22ClN3O2. The van der Waals surface area contributed by atoms with Crippen LogP contribution >= 0.6 is 11.6 Å². The number of carbonyl (C=O) groups is 1. The lowest BCUT2D eigenvalue weighted by Gasteiger charge is -2.18. The van der Waals surface area contributed by atoms with Gasteiger partial charge in [-0.3, -0.25) is 0 Å². The van der Waals surface area contributed by atoms with E-state index in [1.54, 1.807) is 18.2 Å². The average Bonchev–Trinajstić information content (AvgIpc) is 3.30. The van der Waals surface area contributed by atoms with Gasteiger partial charge in [0.15, 0.2) is 0 Å². The molecule has 1 aliphatic rings. The molecule has 0 radical (unpaired) electrons. The zero-order valence-corrected chi connectivity index (χ0v) is 18.8. The molecule has 5 nitrogen and oxygen atoms in total. The van der Waals surface area contributed by atoms with Crippen molar-refractivity contribution in [2.24, 2.45) is 0 Å². The monoisotopic (exact) mass is 455 g/mol. The van der Waals surface area contributed by atoms with Crippen LogP contribution in [0.15, 0.2) is 66.7 Å². The SMILES string of the molecule is CC/C(=C(/c1ccc(/C=C/C(=O)O)cc1)c1ccc2c(c1)CNN2)c1ccc(C#N)cc1Cl. The van der Waals surface area contributed by atoms with E-state index in [2.05, 4.69) is 42.0 Å². The molecule has 0 amide bonds. The van der Waals surface area contributed by atoms with Crippen LogP contribution in [0.4, 0.5) is 5.69 Å². The fraction of sp³-hybridized carbons (Fsp3) is 0.111. The van der Waals surface area contributed by atoms with Crippen molar-refractivity contribution >= 4 is 40.5 Å². The molecule has 3 aromatic carbocycles. The zero-order chi connectivity index (χ0) is 23.4. The highest BCUT2D eigenvalue weighted by Crippen LogP contribution is 2.38. The number of allylic oxidation sites excluding steroid dienone is 1. The Morgan fingerprint density at radius 2 is 1.88 bits per heavy atom. The molecule has 0 aromatic heterocycles. The summed E-state index contributed by atoms with van der Waals surface area (Å²) in [5.74, 6) is -0.983. The smallest absolute Gasteiger partial charge is 0.328 e. The Morgan fingerprint density at radius 3 is 2.55 bits per heavy atom. The lowest BCUT2D eigenvalue weighted by molar-refractivity contribution is -0.131. The van der Waals surface area contributed by atoms with Gasteiger partial charge in [0.25, 0.3) is 0 Å². The molecule has 164 valence electrons. The van der Waals surface area contributed by atoms with Gasteiger partial charge < -0.3 is 10.5 Å². The van der Waals surface area contributed by atoms with E-state index in [9.17, 15) is 10.1 Å². The first-order valence-electron chi connectivity index (χ1n) is 10.6. The van der Waals surface area contributed by atoms with Crippen LogP contribution in [-0.4, -0.2) is 11.1 Å². The van der Waals surface area contributed by atoms with Crippen LogP contribution in [0.3, 0.4) is 0 Å². The van der Waals surface area contributed by atoms with Crippen molar-refractivity contribution in [3.8, 4) is 6.07 Å². The van der Waals surface area contributed by atoms with Gasteiger partial charge in [0.2, 0.25) is 0 Å². The maximum atomic E-state index is 10.9. The number of hydrogen-bond acceptors (Lipinski definition) is 4. The quantitative estimate of drug-likeness (QED) is 0.308. The number of rotatable bonds is 6. The van der Waals surface area contributed by atoms with E-state index in [0.717, 1.165) is 58.1 Å². The van der Waals surface area contributed by atoms with Gasteiger partial charge in [0.05, 0.1) is 17.3 Å². The van der Waals surface area contributed by atoms with Crippen molar-refractivity contribution in [2.75, 3.05) is 5.43 Å². The Morgan fingerprint density at radius 1 is 1.12 bits per heavy atom. The molecule has 0 bridgehead atoms. The molecule has 1 aliphatic heterocycles. The van der Waals surface area contributed by atoms with Crippen molar-refractivity contribution in [3.63, 3.8) is 0 Å². The highest BCUT2D eigenvalue weighted by molar-refractivity contribution is 6.33. The van der Waals surface area contributed by atoms with Crippen LogP contribution in [0.2, 0.25) is 5.02 Å². The Labute approximate surface area is 197 Å². The minimum absolute atomic E-state index is 0.519. The second-order valence-corrected chi connectivity index (χ2v) is 8.06. The van der Waals surface area contributed by atoms with Crippen LogP contribution in [0.1, 0.15) is 46.7 Å². The molecule has 1 heterocycles. The van der Waals surface area contributed by atoms with Crippen molar-refractivity contribution in [1.82, 2.24) is 5.43 Å². The third kappa shape index (κ3) is 4.83. The fourth-order valence-electron chi connectivity index (χ4n) is 4.03. The van der Waals surface area contributed by atoms with E-state index in [0.29, 0.717) is 10.6 Å². The van der Waals surface area contributed by atoms with Crippen LogP contribution in [-0.2, 0) is 11.3 Å². The lowest BCUT2D eigenvalue weighted by atomic mass is 9.87. The van der Waals surface area contributed by atoms with Crippen LogP contribution in [0.5, 0.6) is 0 Å². The number of aliphatic carboxylic acids is 1. The third-order valence-electron chi connectivity index (χ3n) is 5.59. The molecule has 0 fully saturated rings. The Bertz CT molecular complexity index is 1320. The molecule has 3 N–H and O–H groups in total. The number of hydrazine groups is 1. The minimum Gasteiger partial charge on any atom is -0.478 e. The first-order valence-corrected chi connectivity index (χ1v) is 10.9. The molecule has 0 saturated heterocycles. The summed E-state index contributed by atoms with van der Waals surface area (Å²) in [5, 5.41) is 18.7. The summed E-state index contributed by atoms with van der Waals surface area (Å²) in [5.41, 5.74) is 14.9. The largest absolute Gasteiger partial charge is 0.478 e. The van der Waals surface area contributed by atoms with Gasteiger partial charge in [-0.1, -0.05) is 54.9 Å². The number of carboxylic acid groups (broad SMARTS) is 1. The topological polar surface area (TPSA) is 85.2 Å². The highest BCUT2D eigenvalue weighted by atomic mass is 35.5. The number of nitriles is 1. The first kappa shape index (κ1) is 22.3. The lowest BCUT2D eigenvalue weighted by Crippen LogP contribution is -2.10. The molecule has 0 aliphatic carbocycles. The van der Waals surface area contributed by atoms with E-state index in [1.165, 1.54) is 5.56 Å². The number of nitrogens with one attached hydrogen (secondary N) is 2. The van der Waals surface area contributed by atoms with Crippen molar-refractivity contribution in [3.05, 3.63) is 105 Å². The third-order valence-corrected chi connectivity index (χ3v) is 5.90. The summed E-state index contributed by atoms with van der Waals surface area (Å²) < 4.78 is 0. The number of hydrogen-bond donors (Lipinski definition) is 3. The Hall–Kier alpha value is -3.85. The summed E-state index contributed by atoms with van der Waals surface area (Å²) in [4.78, 5) is 10.9. The van der Waals surface area contributed by atoms with E-state index in [1.807, 2.05) is 30.3 Å². The number of halogens is 1. The van der Waals surface area contributed by atoms with Gasteiger partial charge in [-0.25, -0.2) is 10.2 Å². The molecule has 3 aromatic rings. The number of carboxylic acids is 1. The summed E-state index contributed by atoms with van der Waals surface area (Å²) in [7, 11) is 0. The van der Waals surface area contributed by atoms with E-state index in [-0.39, 0.29) is 0 Å². The van der Waals surface area contributed by atoms with Gasteiger partial charge in [-0.15, -0.1) is 0 Å². The molecular weight excluding hydrogens is 434 g/mol. The molecule has 0 saturated carbocycles. The zero-order valence-electron chi connectivity index (χ0n) is 18.0. The molecule has 0 spiro atoms. The number of benzene rings is 3. The average molecular weight is 456 g/mol. The summed E-state index contributed by atoms with van der Waals surface area (Å²) in [6.45, 7) is 2.82. The van der Waals surface area contributed by atoms with Gasteiger partial charge in [-0.2, -0.15) is 5.26 Å². The Kier molecular flexibility index (Phi) is 6.60. The summed E-state index contributed by atoms with van der Waals surface area (Å²) in [6.07, 6.45) is 3.43. The second kappa shape index (κ2) is 9.74. The number of anilines is 1. The maximum Gasteiger partial charge on any atom is 0.328 e. The minimum atomic E-state index is -0.983. The summed E-state index contributed by atoms with van der Waals surface area (Å²) >= 11 is 6.62. The molecule has 0 atom stereocenters. The van der Waals surface area contributed by atoms with Gasteiger partial charge in [0, 0.05) is 17.6 Å². The number of fused-ring (bicyclic) bond motifs is 1. The Balaban J connectivity index is 1.91. The second-order valence-electron chi connectivity index (χ2n) is 7.66. The summed E-state index contributed by atoms with van der Waals surface area (Å²) in [6, 6.07) is 21.6. The van der Waals surface area contributed by atoms with Crippen LogP contribution in [0, 0.1) is 11.3 Å². The van der Waals surface area contributed by atoms with E-state index >= 15 is 0 Å². The molecule has 6 heteroatoms. The predicted molar refractivity (Wildman–Crippen MR) is 132 cm³/mol. The van der Waals surface area contributed by atoms with Crippen molar-refractivity contribution in [1.29, 1.82) is 5.26 Å². The van der Waals surface area contributed by atoms with Crippen LogP contribution in [0.25, 0.3) is 17.2 Å². The first-order chi connectivity index (χ1) is 16.0. The molecule has 33 heavy (non-hydrogen) atoms. The maximum absolute atomic E-state index is 10.9. The van der Waals surface area contributed by atoms with E-state index < -0.39 is 5.97 Å². The normalized spacial score (nSPS) is 13.2.